The number of carbonyl (C=O) groups excluding carboxylic acids is 1. The third kappa shape index (κ3) is 3.82. The average molecular weight is 251 g/mol. The highest BCUT2D eigenvalue weighted by Crippen LogP contribution is 2.27. The van der Waals surface area contributed by atoms with E-state index in [1.807, 2.05) is 20.8 Å². The lowest BCUT2D eigenvalue weighted by atomic mass is 9.96. The van der Waals surface area contributed by atoms with Gasteiger partial charge in [0.1, 0.15) is 0 Å². The first-order valence-electron chi connectivity index (χ1n) is 6.55. The number of nitrogens with one attached hydrogen (secondary N) is 1. The van der Waals surface area contributed by atoms with Crippen LogP contribution in [0.3, 0.4) is 0 Å². The Kier molecular flexibility index (Phi) is 3.68. The van der Waals surface area contributed by atoms with Crippen molar-refractivity contribution in [2.75, 3.05) is 6.54 Å². The van der Waals surface area contributed by atoms with E-state index in [0.717, 1.165) is 6.54 Å². The molecule has 5 heteroatoms. The fraction of sp³-hybridized carbons (Fsp3) is 0.769. The second-order valence-corrected chi connectivity index (χ2v) is 6.01. The van der Waals surface area contributed by atoms with E-state index in [1.165, 1.54) is 12.8 Å². The summed E-state index contributed by atoms with van der Waals surface area (Å²) in [6, 6.07) is 0. The fourth-order valence-corrected chi connectivity index (χ4v) is 1.55. The van der Waals surface area contributed by atoms with Crippen LogP contribution in [0.2, 0.25) is 0 Å². The van der Waals surface area contributed by atoms with Gasteiger partial charge in [0.25, 0.3) is 0 Å². The molecule has 1 aliphatic rings. The van der Waals surface area contributed by atoms with Crippen molar-refractivity contribution < 1.29 is 9.32 Å². The van der Waals surface area contributed by atoms with E-state index in [4.69, 9.17) is 4.52 Å². The molecular weight excluding hydrogens is 230 g/mol. The van der Waals surface area contributed by atoms with Crippen molar-refractivity contribution in [2.45, 2.75) is 51.9 Å². The highest BCUT2D eigenvalue weighted by Gasteiger charge is 2.22. The molecule has 0 saturated heterocycles. The van der Waals surface area contributed by atoms with E-state index in [0.29, 0.717) is 30.5 Å². The van der Waals surface area contributed by atoms with Gasteiger partial charge >= 0.3 is 0 Å². The Hall–Kier alpha value is -1.39. The van der Waals surface area contributed by atoms with E-state index in [1.54, 1.807) is 0 Å². The molecule has 0 aromatic carbocycles. The van der Waals surface area contributed by atoms with E-state index in [2.05, 4.69) is 15.5 Å². The molecule has 100 valence electrons. The van der Waals surface area contributed by atoms with Gasteiger partial charge in [0.15, 0.2) is 5.82 Å². The topological polar surface area (TPSA) is 68.0 Å². The summed E-state index contributed by atoms with van der Waals surface area (Å²) in [4.78, 5) is 15.9. The Balaban J connectivity index is 1.75. The second-order valence-electron chi connectivity index (χ2n) is 6.01. The molecule has 1 fully saturated rings. The summed E-state index contributed by atoms with van der Waals surface area (Å²) in [5.74, 6) is 2.01. The van der Waals surface area contributed by atoms with Crippen molar-refractivity contribution >= 4 is 5.91 Å². The minimum Gasteiger partial charge on any atom is -0.356 e. The van der Waals surface area contributed by atoms with Crippen LogP contribution in [0.5, 0.6) is 0 Å². The first-order chi connectivity index (χ1) is 8.45. The maximum atomic E-state index is 11.6. The van der Waals surface area contributed by atoms with Crippen LogP contribution in [-0.4, -0.2) is 22.6 Å². The van der Waals surface area contributed by atoms with Gasteiger partial charge in [0, 0.05) is 24.8 Å². The Morgan fingerprint density at radius 1 is 1.44 bits per heavy atom. The second kappa shape index (κ2) is 5.08. The van der Waals surface area contributed by atoms with Gasteiger partial charge < -0.3 is 9.84 Å². The lowest BCUT2D eigenvalue weighted by Gasteiger charge is -2.10. The summed E-state index contributed by atoms with van der Waals surface area (Å²) in [5.41, 5.74) is -0.115. The molecule has 0 radical (unpaired) electrons. The minimum absolute atomic E-state index is 0.0670. The summed E-state index contributed by atoms with van der Waals surface area (Å²) >= 11 is 0. The monoisotopic (exact) mass is 251 g/mol. The van der Waals surface area contributed by atoms with Crippen LogP contribution in [-0.2, 0) is 16.6 Å². The molecule has 0 atom stereocenters. The fourth-order valence-electron chi connectivity index (χ4n) is 1.55. The molecule has 1 aromatic rings. The van der Waals surface area contributed by atoms with Crippen molar-refractivity contribution in [1.29, 1.82) is 0 Å². The quantitative estimate of drug-likeness (QED) is 0.866. The molecule has 1 amide bonds. The Morgan fingerprint density at radius 3 is 2.72 bits per heavy atom. The SMILES string of the molecule is CC(C)(C)c1noc(CCC(=O)NCC2CC2)n1. The summed E-state index contributed by atoms with van der Waals surface area (Å²) in [6.45, 7) is 6.91. The van der Waals surface area contributed by atoms with Gasteiger partial charge in [-0.05, 0) is 18.8 Å². The molecule has 0 spiro atoms. The standard InChI is InChI=1S/C13H21N3O2/c1-13(2,3)12-15-11(18-16-12)7-6-10(17)14-8-9-4-5-9/h9H,4-8H2,1-3H3,(H,14,17). The molecule has 1 aromatic heterocycles. The Morgan fingerprint density at radius 2 is 2.17 bits per heavy atom. The van der Waals surface area contributed by atoms with Crippen molar-refractivity contribution in [2.24, 2.45) is 5.92 Å². The molecule has 1 heterocycles. The molecule has 0 unspecified atom stereocenters. The molecule has 2 rings (SSSR count). The highest BCUT2D eigenvalue weighted by atomic mass is 16.5. The molecule has 0 bridgehead atoms. The third-order valence-electron chi connectivity index (χ3n) is 2.99. The van der Waals surface area contributed by atoms with E-state index < -0.39 is 0 Å². The van der Waals surface area contributed by atoms with Crippen LogP contribution >= 0.6 is 0 Å². The summed E-state index contributed by atoms with van der Waals surface area (Å²) in [5, 5.41) is 6.85. The molecule has 18 heavy (non-hydrogen) atoms. The molecule has 5 nitrogen and oxygen atoms in total. The van der Waals surface area contributed by atoms with Crippen molar-refractivity contribution in [3.63, 3.8) is 0 Å². The zero-order chi connectivity index (χ0) is 13.2. The van der Waals surface area contributed by atoms with Gasteiger partial charge in [-0.15, -0.1) is 0 Å². The molecule has 0 aliphatic heterocycles. The summed E-state index contributed by atoms with van der Waals surface area (Å²) in [6.07, 6.45) is 3.43. The number of aryl methyl sites for hydroxylation is 1. The van der Waals surface area contributed by atoms with Gasteiger partial charge in [-0.3, -0.25) is 4.79 Å². The predicted octanol–water partition coefficient (Wildman–Crippen LogP) is 1.83. The number of amides is 1. The van der Waals surface area contributed by atoms with Crippen molar-refractivity contribution in [3.8, 4) is 0 Å². The molecule has 1 aliphatic carbocycles. The third-order valence-corrected chi connectivity index (χ3v) is 2.99. The normalized spacial score (nSPS) is 15.7. The van der Waals surface area contributed by atoms with Crippen LogP contribution in [0.15, 0.2) is 4.52 Å². The van der Waals surface area contributed by atoms with E-state index in [9.17, 15) is 4.79 Å². The number of rotatable bonds is 5. The average Bonchev–Trinajstić information content (AvgIpc) is 2.98. The van der Waals surface area contributed by atoms with Crippen LogP contribution in [0.4, 0.5) is 0 Å². The molecule has 1 saturated carbocycles. The van der Waals surface area contributed by atoms with Gasteiger partial charge in [0.05, 0.1) is 0 Å². The zero-order valence-electron chi connectivity index (χ0n) is 11.3. The number of hydrogen-bond acceptors (Lipinski definition) is 4. The number of carbonyl (C=O) groups is 1. The van der Waals surface area contributed by atoms with Crippen LogP contribution in [0, 0.1) is 5.92 Å². The lowest BCUT2D eigenvalue weighted by Crippen LogP contribution is -2.25. The highest BCUT2D eigenvalue weighted by molar-refractivity contribution is 5.76. The minimum atomic E-state index is -0.115. The lowest BCUT2D eigenvalue weighted by molar-refractivity contribution is -0.121. The van der Waals surface area contributed by atoms with Crippen LogP contribution in [0.1, 0.15) is 51.7 Å². The zero-order valence-corrected chi connectivity index (χ0v) is 11.3. The van der Waals surface area contributed by atoms with Gasteiger partial charge in [-0.2, -0.15) is 4.98 Å². The van der Waals surface area contributed by atoms with Crippen molar-refractivity contribution in [1.82, 2.24) is 15.5 Å². The van der Waals surface area contributed by atoms with Crippen LogP contribution in [0.25, 0.3) is 0 Å². The van der Waals surface area contributed by atoms with E-state index >= 15 is 0 Å². The van der Waals surface area contributed by atoms with E-state index in [-0.39, 0.29) is 11.3 Å². The van der Waals surface area contributed by atoms with Crippen LogP contribution < -0.4 is 5.32 Å². The maximum absolute atomic E-state index is 11.6. The largest absolute Gasteiger partial charge is 0.356 e. The summed E-state index contributed by atoms with van der Waals surface area (Å²) in [7, 11) is 0. The summed E-state index contributed by atoms with van der Waals surface area (Å²) < 4.78 is 5.14. The number of aromatic nitrogens is 2. The first-order valence-corrected chi connectivity index (χ1v) is 6.55. The molecular formula is C13H21N3O2. The van der Waals surface area contributed by atoms with Crippen molar-refractivity contribution in [3.05, 3.63) is 11.7 Å². The van der Waals surface area contributed by atoms with Gasteiger partial charge in [0.2, 0.25) is 11.8 Å². The number of hydrogen-bond donors (Lipinski definition) is 1. The first kappa shape index (κ1) is 13.1. The Labute approximate surface area is 107 Å². The smallest absolute Gasteiger partial charge is 0.227 e. The van der Waals surface area contributed by atoms with Gasteiger partial charge in [-0.1, -0.05) is 25.9 Å². The maximum Gasteiger partial charge on any atom is 0.227 e. The van der Waals surface area contributed by atoms with Gasteiger partial charge in [-0.25, -0.2) is 0 Å². The Bertz CT molecular complexity index is 416. The molecule has 1 N–H and O–H groups in total. The predicted molar refractivity (Wildman–Crippen MR) is 67.1 cm³/mol. The number of nitrogens with zero attached hydrogens (tertiary/aromatic N) is 2.